The van der Waals surface area contributed by atoms with Crippen LogP contribution in [0.4, 0.5) is 0 Å². The molecule has 3 saturated heterocycles. The summed E-state index contributed by atoms with van der Waals surface area (Å²) in [5.74, 6) is -5.18. The Bertz CT molecular complexity index is 2590. The molecule has 9 amide bonds. The number of ether oxygens (including phenoxy) is 9. The van der Waals surface area contributed by atoms with E-state index in [4.69, 9.17) is 47.2 Å². The van der Waals surface area contributed by atoms with Crippen molar-refractivity contribution in [3.8, 4) is 0 Å². The molecule has 18 atom stereocenters. The van der Waals surface area contributed by atoms with E-state index in [1.807, 2.05) is 0 Å². The van der Waals surface area contributed by atoms with Crippen molar-refractivity contribution in [3.63, 3.8) is 0 Å². The molecule has 0 saturated carbocycles. The van der Waals surface area contributed by atoms with Gasteiger partial charge in [0.25, 0.3) is 0 Å². The lowest BCUT2D eigenvalue weighted by atomic mass is 9.97. The molecule has 3 heterocycles. The number of rotatable bonds is 50. The van der Waals surface area contributed by atoms with Crippen molar-refractivity contribution in [2.24, 2.45) is 0 Å². The average Bonchev–Trinajstić information content (AvgIpc) is 0.820. The van der Waals surface area contributed by atoms with Crippen LogP contribution in [0.3, 0.4) is 0 Å². The summed E-state index contributed by atoms with van der Waals surface area (Å²) in [5.41, 5.74) is 0. The molecule has 0 aromatic rings. The first-order chi connectivity index (χ1) is 48.3. The van der Waals surface area contributed by atoms with Crippen LogP contribution in [0, 0.1) is 0 Å². The summed E-state index contributed by atoms with van der Waals surface area (Å²) in [6, 6.07) is -6.10. The van der Waals surface area contributed by atoms with Gasteiger partial charge in [-0.15, -0.1) is 0 Å². The molecular formula is C62H112N9O30P. The van der Waals surface area contributed by atoms with E-state index in [-0.39, 0.29) is 143 Å². The van der Waals surface area contributed by atoms with Crippen LogP contribution < -0.4 is 47.9 Å². The molecule has 19 N–H and O–H groups in total. The lowest BCUT2D eigenvalue weighted by Crippen LogP contribution is -2.64. The molecule has 3 fully saturated rings. The van der Waals surface area contributed by atoms with Crippen LogP contribution >= 0.6 is 7.60 Å². The number of unbranched alkanes of at least 4 members (excludes halogenated alkanes) is 3. The van der Waals surface area contributed by atoms with Gasteiger partial charge in [0.05, 0.1) is 91.0 Å². The van der Waals surface area contributed by atoms with Crippen molar-refractivity contribution in [1.82, 2.24) is 47.9 Å². The fourth-order valence-corrected chi connectivity index (χ4v) is 11.2. The van der Waals surface area contributed by atoms with E-state index in [9.17, 15) is 98.6 Å². The maximum Gasteiger partial charge on any atom is 0.333 e. The first-order valence-corrected chi connectivity index (χ1v) is 35.8. The molecule has 0 spiro atoms. The summed E-state index contributed by atoms with van der Waals surface area (Å²) in [6.07, 6.45) is -15.1. The van der Waals surface area contributed by atoms with E-state index >= 15 is 0 Å². The van der Waals surface area contributed by atoms with Crippen molar-refractivity contribution in [3.05, 3.63) is 0 Å². The summed E-state index contributed by atoms with van der Waals surface area (Å²) >= 11 is 0. The van der Waals surface area contributed by atoms with Gasteiger partial charge in [-0.3, -0.25) is 47.7 Å². The van der Waals surface area contributed by atoms with E-state index in [0.717, 1.165) is 0 Å². The van der Waals surface area contributed by atoms with Gasteiger partial charge in [-0.05, 0) is 59.3 Å². The quantitative estimate of drug-likeness (QED) is 0.0199. The molecule has 3 aliphatic heterocycles. The SMILES string of the molecule is CC(=O)NC1C(OCCOCCNC(=O)CC[C@H](NC(=O)CCC[C@H](NC(=O)CCCC(=O)NCCCCCCOP(=O)(O)C(C)(C)C)C(=O)NCCOCCOC2OC(CO)C(O)C(O)C2NC(C)=O)C(=O)NCCOCCOC2OC(CO)C(O)C(O)C2NC(C)=O)OC(CO)C(O)C1O. The van der Waals surface area contributed by atoms with E-state index in [2.05, 4.69) is 47.9 Å². The number of carbonyl (C=O) groups is 9. The molecule has 3 aliphatic rings. The molecule has 0 bridgehead atoms. The lowest BCUT2D eigenvalue weighted by molar-refractivity contribution is -0.272. The minimum Gasteiger partial charge on any atom is -0.394 e. The molecule has 40 heteroatoms. The van der Waals surface area contributed by atoms with Crippen molar-refractivity contribution in [2.45, 2.75) is 228 Å². The summed E-state index contributed by atoms with van der Waals surface area (Å²) in [5, 5.41) is 114. The van der Waals surface area contributed by atoms with Crippen LogP contribution in [0.1, 0.15) is 119 Å². The van der Waals surface area contributed by atoms with Gasteiger partial charge in [0, 0.05) is 72.6 Å². The highest BCUT2D eigenvalue weighted by Gasteiger charge is 2.48. The number of aliphatic hydroxyl groups excluding tert-OH is 9. The Labute approximate surface area is 592 Å². The van der Waals surface area contributed by atoms with Gasteiger partial charge in [0.15, 0.2) is 18.9 Å². The Hall–Kier alpha value is -5.34. The zero-order valence-corrected chi connectivity index (χ0v) is 59.8. The van der Waals surface area contributed by atoms with Crippen LogP contribution in [0.15, 0.2) is 0 Å². The molecule has 39 nitrogen and oxygen atoms in total. The molecule has 102 heavy (non-hydrogen) atoms. The molecule has 590 valence electrons. The van der Waals surface area contributed by atoms with Crippen molar-refractivity contribution >= 4 is 60.8 Å². The van der Waals surface area contributed by atoms with Gasteiger partial charge in [0.1, 0.15) is 85.1 Å². The molecule has 0 aromatic carbocycles. The Morgan fingerprint density at radius 3 is 1.16 bits per heavy atom. The van der Waals surface area contributed by atoms with Gasteiger partial charge in [-0.2, -0.15) is 0 Å². The second kappa shape index (κ2) is 48.7. The third-order valence-corrected chi connectivity index (χ3v) is 18.3. The fraction of sp³-hybridized carbons (Fsp3) is 0.855. The Morgan fingerprint density at radius 1 is 0.412 bits per heavy atom. The second-order valence-electron chi connectivity index (χ2n) is 25.5. The predicted molar refractivity (Wildman–Crippen MR) is 353 cm³/mol. The number of aliphatic hydroxyl groups is 9. The number of hydrogen-bond acceptors (Lipinski definition) is 29. The topological polar surface area (TPSA) is 574 Å². The lowest BCUT2D eigenvalue weighted by Gasteiger charge is -2.42. The van der Waals surface area contributed by atoms with Crippen LogP contribution in [0.25, 0.3) is 0 Å². The fourth-order valence-electron chi connectivity index (χ4n) is 10.4. The van der Waals surface area contributed by atoms with Gasteiger partial charge < -0.3 is 146 Å². The summed E-state index contributed by atoms with van der Waals surface area (Å²) in [4.78, 5) is 126. The summed E-state index contributed by atoms with van der Waals surface area (Å²) in [7, 11) is -3.77. The second-order valence-corrected chi connectivity index (χ2v) is 28.1. The van der Waals surface area contributed by atoms with Gasteiger partial charge >= 0.3 is 7.60 Å². The number of amides is 9. The molecular weight excluding hydrogens is 1380 g/mol. The van der Waals surface area contributed by atoms with Gasteiger partial charge in [0.2, 0.25) is 53.2 Å². The molecule has 0 radical (unpaired) electrons. The Morgan fingerprint density at radius 2 is 0.765 bits per heavy atom. The van der Waals surface area contributed by atoms with Crippen molar-refractivity contribution < 1.29 is 146 Å². The minimum atomic E-state index is -3.77. The molecule has 0 aromatic heterocycles. The smallest absolute Gasteiger partial charge is 0.333 e. The van der Waals surface area contributed by atoms with Crippen LogP contribution in [-0.4, -0.2) is 325 Å². The van der Waals surface area contributed by atoms with E-state index in [0.29, 0.717) is 32.2 Å². The van der Waals surface area contributed by atoms with Crippen LogP contribution in [0.2, 0.25) is 0 Å². The minimum absolute atomic E-state index is 0.0201. The molecule has 0 aliphatic carbocycles. The maximum absolute atomic E-state index is 13.7. The van der Waals surface area contributed by atoms with Crippen LogP contribution in [-0.2, 0) is 94.9 Å². The van der Waals surface area contributed by atoms with Crippen molar-refractivity contribution in [1.29, 1.82) is 0 Å². The average molecular weight is 1490 g/mol. The summed E-state index contributed by atoms with van der Waals surface area (Å²) in [6.45, 7) is 5.70. The molecule has 16 unspecified atom stereocenters. The highest BCUT2D eigenvalue weighted by atomic mass is 31.2. The predicted octanol–water partition coefficient (Wildman–Crippen LogP) is -6.97. The number of nitrogens with one attached hydrogen (secondary N) is 9. The van der Waals surface area contributed by atoms with E-state index in [1.165, 1.54) is 20.8 Å². The molecule has 3 rings (SSSR count). The maximum atomic E-state index is 13.7. The van der Waals surface area contributed by atoms with E-state index in [1.54, 1.807) is 20.8 Å². The Balaban J connectivity index is 1.62. The largest absolute Gasteiger partial charge is 0.394 e. The highest BCUT2D eigenvalue weighted by molar-refractivity contribution is 7.54. The standard InChI is InChI=1S/C62H112N9O30P/c1-36(75)67-48-54(85)51(82)41(33-72)99-59(48)95-30-27-92-24-20-64-45(79)18-17-40(58(89)66-22-26-94-29-32-97-61-50(69-38(3)77)56(87)53(84)43(35-74)101-61)71-46(80)15-11-13-39(70-47(81)16-12-14-44(78)63-19-9-7-8-10-23-98-102(90,91)62(4,5)6)57(88)65-21-25-93-28-31-96-60-49(68-37(2)76)55(86)52(83)42(34-73)100-60/h39-43,48-56,59-61,72-74,82-87H,7-35H2,1-6H3,(H,63,78)(H,64,79)(H,65,88)(H,66,89)(H,67,75)(H,68,76)(H,69,77)(H,70,81)(H,71,80)(H,90,91)/t39-,40-,41?,42?,43?,48?,49?,50?,51?,52?,53?,54?,55?,56?,59?,60?,61?/m0/s1. The zero-order chi connectivity index (χ0) is 76.0. The normalized spacial score (nSPS) is 26.3. The first kappa shape index (κ1) is 90.9. The Kier molecular flexibility index (Phi) is 43.4. The van der Waals surface area contributed by atoms with Gasteiger partial charge in [-0.1, -0.05) is 12.8 Å². The number of carbonyl (C=O) groups excluding carboxylic acids is 9. The monoisotopic (exact) mass is 1490 g/mol. The third kappa shape index (κ3) is 33.8. The van der Waals surface area contributed by atoms with Crippen LogP contribution in [0.5, 0.6) is 0 Å². The summed E-state index contributed by atoms with van der Waals surface area (Å²) < 4.78 is 67.8. The van der Waals surface area contributed by atoms with Gasteiger partial charge in [-0.25, -0.2) is 0 Å². The zero-order valence-electron chi connectivity index (χ0n) is 58.9. The first-order valence-electron chi connectivity index (χ1n) is 34.3. The van der Waals surface area contributed by atoms with Crippen molar-refractivity contribution in [2.75, 3.05) is 112 Å². The third-order valence-electron chi connectivity index (χ3n) is 16.1. The van der Waals surface area contributed by atoms with E-state index < -0.39 is 184 Å². The highest BCUT2D eigenvalue weighted by Crippen LogP contribution is 2.54. The number of hydrogen-bond donors (Lipinski definition) is 19.